The quantitative estimate of drug-likeness (QED) is 0.553. The molecule has 2 aromatic heterocycles. The van der Waals surface area contributed by atoms with Crippen LogP contribution in [0.25, 0.3) is 22.6 Å². The molecule has 0 aliphatic rings. The van der Waals surface area contributed by atoms with Gasteiger partial charge in [-0.2, -0.15) is 4.52 Å². The third-order valence-corrected chi connectivity index (χ3v) is 4.40. The summed E-state index contributed by atoms with van der Waals surface area (Å²) in [4.78, 5) is 17.2. The lowest BCUT2D eigenvalue weighted by atomic mass is 10.1. The van der Waals surface area contributed by atoms with E-state index in [0.29, 0.717) is 11.3 Å². The largest absolute Gasteiger partial charge is 0.292 e. The van der Waals surface area contributed by atoms with Crippen molar-refractivity contribution in [3.8, 4) is 16.9 Å². The van der Waals surface area contributed by atoms with Crippen molar-refractivity contribution >= 4 is 17.2 Å². The zero-order valence-corrected chi connectivity index (χ0v) is 13.7. The number of benzene rings is 2. The Kier molecular flexibility index (Phi) is 3.47. The molecule has 0 spiro atoms. The molecule has 0 saturated carbocycles. The highest BCUT2D eigenvalue weighted by atomic mass is 35.5. The molecule has 118 valence electrons. The number of nitrogens with zero attached hydrogens (tertiary/aromatic N) is 3. The Morgan fingerprint density at radius 1 is 0.958 bits per heavy atom. The zero-order chi connectivity index (χ0) is 16.7. The maximum Gasteiger partial charge on any atom is 0.292 e. The molecule has 0 saturated heterocycles. The molecule has 2 heterocycles. The number of rotatable bonds is 2. The van der Waals surface area contributed by atoms with Crippen LogP contribution in [-0.4, -0.2) is 14.2 Å². The summed E-state index contributed by atoms with van der Waals surface area (Å²) in [6.45, 7) is 1.74. The highest BCUT2D eigenvalue weighted by Crippen LogP contribution is 2.25. The molecule has 0 radical (unpaired) electrons. The molecule has 0 N–H and O–H groups in total. The number of aromatic nitrogens is 3. The Bertz CT molecular complexity index is 1080. The van der Waals surface area contributed by atoms with Gasteiger partial charge in [0.1, 0.15) is 5.02 Å². The molecule has 0 aliphatic carbocycles. The molecule has 0 amide bonds. The second kappa shape index (κ2) is 5.65. The van der Waals surface area contributed by atoms with E-state index < -0.39 is 0 Å². The van der Waals surface area contributed by atoms with Crippen LogP contribution in [0.15, 0.2) is 71.5 Å². The molecule has 4 aromatic rings. The van der Waals surface area contributed by atoms with Crippen LogP contribution in [0.5, 0.6) is 0 Å². The van der Waals surface area contributed by atoms with Gasteiger partial charge in [0, 0.05) is 11.6 Å². The zero-order valence-electron chi connectivity index (χ0n) is 13.0. The van der Waals surface area contributed by atoms with Crippen molar-refractivity contribution in [2.75, 3.05) is 0 Å². The molecule has 0 fully saturated rings. The summed E-state index contributed by atoms with van der Waals surface area (Å²) in [6, 6.07) is 21.5. The summed E-state index contributed by atoms with van der Waals surface area (Å²) in [5, 5.41) is 0.141. The van der Waals surface area contributed by atoms with Crippen molar-refractivity contribution in [3.63, 3.8) is 0 Å². The second-order valence-corrected chi connectivity index (χ2v) is 5.91. The first kappa shape index (κ1) is 14.7. The average molecular weight is 336 g/mol. The van der Waals surface area contributed by atoms with Crippen molar-refractivity contribution in [1.29, 1.82) is 0 Å². The van der Waals surface area contributed by atoms with Gasteiger partial charge in [-0.1, -0.05) is 60.1 Å². The van der Waals surface area contributed by atoms with Gasteiger partial charge in [-0.05, 0) is 19.1 Å². The number of hydrogen-bond acceptors (Lipinski definition) is 2. The van der Waals surface area contributed by atoms with E-state index in [1.165, 1.54) is 4.52 Å². The molecular formula is C19H14ClN3O. The van der Waals surface area contributed by atoms with E-state index in [1.54, 1.807) is 6.92 Å². The molecule has 4 rings (SSSR count). The minimum atomic E-state index is -0.273. The lowest BCUT2D eigenvalue weighted by Crippen LogP contribution is -2.22. The van der Waals surface area contributed by atoms with Crippen molar-refractivity contribution in [2.24, 2.45) is 0 Å². The summed E-state index contributed by atoms with van der Waals surface area (Å²) in [6.07, 6.45) is 0. The lowest BCUT2D eigenvalue weighted by Gasteiger charge is -2.11. The Morgan fingerprint density at radius 3 is 2.25 bits per heavy atom. The molecule has 0 bridgehead atoms. The fourth-order valence-corrected chi connectivity index (χ4v) is 2.96. The van der Waals surface area contributed by atoms with Crippen LogP contribution in [0.1, 0.15) is 5.69 Å². The molecule has 2 aromatic carbocycles. The fourth-order valence-electron chi connectivity index (χ4n) is 2.84. The molecule has 0 atom stereocenters. The highest BCUT2D eigenvalue weighted by molar-refractivity contribution is 6.31. The first-order valence-electron chi connectivity index (χ1n) is 7.58. The summed E-state index contributed by atoms with van der Waals surface area (Å²) >= 11 is 6.16. The molecule has 5 heteroatoms. The van der Waals surface area contributed by atoms with E-state index in [0.717, 1.165) is 16.9 Å². The second-order valence-electron chi connectivity index (χ2n) is 5.53. The summed E-state index contributed by atoms with van der Waals surface area (Å²) in [5.41, 5.74) is 3.59. The van der Waals surface area contributed by atoms with Gasteiger partial charge in [-0.3, -0.25) is 4.79 Å². The van der Waals surface area contributed by atoms with Crippen LogP contribution in [0, 0.1) is 6.92 Å². The maximum atomic E-state index is 12.8. The first-order chi connectivity index (χ1) is 11.7. The van der Waals surface area contributed by atoms with Gasteiger partial charge in [0.2, 0.25) is 0 Å². The molecular weight excluding hydrogens is 322 g/mol. The van der Waals surface area contributed by atoms with Crippen LogP contribution in [-0.2, 0) is 0 Å². The topological polar surface area (TPSA) is 39.3 Å². The van der Waals surface area contributed by atoms with E-state index >= 15 is 0 Å². The van der Waals surface area contributed by atoms with Crippen molar-refractivity contribution in [2.45, 2.75) is 6.92 Å². The van der Waals surface area contributed by atoms with Gasteiger partial charge in [-0.15, -0.1) is 0 Å². The average Bonchev–Trinajstić information content (AvgIpc) is 3.00. The Hall–Kier alpha value is -2.85. The summed E-state index contributed by atoms with van der Waals surface area (Å²) in [5.74, 6) is 0. The predicted molar refractivity (Wildman–Crippen MR) is 96.0 cm³/mol. The third-order valence-electron chi connectivity index (χ3n) is 3.96. The lowest BCUT2D eigenvalue weighted by molar-refractivity contribution is 0.767. The maximum absolute atomic E-state index is 12.8. The van der Waals surface area contributed by atoms with Gasteiger partial charge in [0.25, 0.3) is 5.56 Å². The molecule has 4 nitrogen and oxygen atoms in total. The van der Waals surface area contributed by atoms with Gasteiger partial charge >= 0.3 is 0 Å². The number of hydrogen-bond donors (Lipinski definition) is 0. The Labute approximate surface area is 143 Å². The number of fused-ring (bicyclic) bond motifs is 1. The van der Waals surface area contributed by atoms with Crippen molar-refractivity contribution in [3.05, 3.63) is 87.8 Å². The first-order valence-corrected chi connectivity index (χ1v) is 7.96. The van der Waals surface area contributed by atoms with E-state index in [1.807, 2.05) is 71.4 Å². The summed E-state index contributed by atoms with van der Waals surface area (Å²) in [7, 11) is 0. The fraction of sp³-hybridized carbons (Fsp3) is 0.0526. The van der Waals surface area contributed by atoms with Gasteiger partial charge in [-0.25, -0.2) is 9.67 Å². The highest BCUT2D eigenvalue weighted by Gasteiger charge is 2.17. The van der Waals surface area contributed by atoms with Crippen LogP contribution in [0.2, 0.25) is 5.02 Å². The minimum absolute atomic E-state index is 0.141. The van der Waals surface area contributed by atoms with E-state index in [4.69, 9.17) is 11.6 Å². The Balaban J connectivity index is 2.17. The minimum Gasteiger partial charge on any atom is -0.266 e. The van der Waals surface area contributed by atoms with E-state index in [-0.39, 0.29) is 10.6 Å². The molecule has 24 heavy (non-hydrogen) atoms. The smallest absolute Gasteiger partial charge is 0.266 e. The molecule has 0 unspecified atom stereocenters. The van der Waals surface area contributed by atoms with Gasteiger partial charge in [0.15, 0.2) is 5.65 Å². The van der Waals surface area contributed by atoms with Crippen LogP contribution < -0.4 is 5.56 Å². The predicted octanol–water partition coefficient (Wildman–Crippen LogP) is 4.11. The van der Waals surface area contributed by atoms with Crippen molar-refractivity contribution in [1.82, 2.24) is 14.2 Å². The van der Waals surface area contributed by atoms with Crippen LogP contribution in [0.3, 0.4) is 0 Å². The van der Waals surface area contributed by atoms with Gasteiger partial charge < -0.3 is 0 Å². The van der Waals surface area contributed by atoms with Crippen LogP contribution in [0.4, 0.5) is 0 Å². The normalized spacial score (nSPS) is 11.1. The monoisotopic (exact) mass is 335 g/mol. The standard InChI is InChI=1S/C19H14ClN3O/c1-13-18(20)19(24)23-17(21-13)12-16(14-8-4-2-5-9-14)22(23)15-10-6-3-7-11-15/h2-12H,1H3. The third kappa shape index (κ3) is 2.23. The van der Waals surface area contributed by atoms with Crippen molar-refractivity contribution < 1.29 is 0 Å². The van der Waals surface area contributed by atoms with Gasteiger partial charge in [0.05, 0.1) is 17.1 Å². The van der Waals surface area contributed by atoms with E-state index in [9.17, 15) is 4.79 Å². The van der Waals surface area contributed by atoms with Crippen LogP contribution >= 0.6 is 11.6 Å². The molecule has 0 aliphatic heterocycles. The van der Waals surface area contributed by atoms with E-state index in [2.05, 4.69) is 4.98 Å². The number of halogens is 1. The number of para-hydroxylation sites is 1. The number of aryl methyl sites for hydroxylation is 1. The summed E-state index contributed by atoms with van der Waals surface area (Å²) < 4.78 is 3.37. The SMILES string of the molecule is Cc1nc2cc(-c3ccccc3)n(-c3ccccc3)n2c(=O)c1Cl. The Morgan fingerprint density at radius 2 is 1.58 bits per heavy atom.